The number of hydrogen-bond acceptors (Lipinski definition) is 16. The third-order valence-corrected chi connectivity index (χ3v) is 7.54. The SMILES string of the molecule is COc1cc(O)c2c(=O)c(O[C@@H]3O[C@@H](C)[C@H](O)[C@@H](O)[C@H]3O)c(-c3cc(O)c(O[C@@H]4O[C@@H](C)[C@H](O)[C@@H](O)[C@H]4O)c(O)c3)oc2c1. The molecule has 2 fully saturated rings. The van der Waals surface area contributed by atoms with Gasteiger partial charge in [0.1, 0.15) is 59.1 Å². The largest absolute Gasteiger partial charge is 0.507 e. The van der Waals surface area contributed by atoms with E-state index in [1.54, 1.807) is 0 Å². The first kappa shape index (κ1) is 31.6. The van der Waals surface area contributed by atoms with Crippen molar-refractivity contribution in [1.29, 1.82) is 0 Å². The zero-order valence-corrected chi connectivity index (χ0v) is 23.5. The molecule has 2 aliphatic heterocycles. The molecule has 44 heavy (non-hydrogen) atoms. The van der Waals surface area contributed by atoms with Crippen LogP contribution >= 0.6 is 0 Å². The van der Waals surface area contributed by atoms with E-state index in [1.807, 2.05) is 0 Å². The molecule has 16 heteroatoms. The zero-order chi connectivity index (χ0) is 32.2. The smallest absolute Gasteiger partial charge is 0.239 e. The Morgan fingerprint density at radius 1 is 0.659 bits per heavy atom. The summed E-state index contributed by atoms with van der Waals surface area (Å²) in [6, 6.07) is 4.38. The molecule has 2 aliphatic rings. The lowest BCUT2D eigenvalue weighted by Crippen LogP contribution is -2.58. The van der Waals surface area contributed by atoms with Gasteiger partial charge in [0.15, 0.2) is 17.3 Å². The highest BCUT2D eigenvalue weighted by Crippen LogP contribution is 2.45. The number of hydrogen-bond donors (Lipinski definition) is 9. The molecule has 0 aliphatic carbocycles. The first-order chi connectivity index (χ1) is 20.7. The molecule has 16 nitrogen and oxygen atoms in total. The van der Waals surface area contributed by atoms with E-state index in [4.69, 9.17) is 28.1 Å². The third-order valence-electron chi connectivity index (χ3n) is 7.54. The molecule has 9 N–H and O–H groups in total. The molecule has 5 rings (SSSR count). The fraction of sp³-hybridized carbons (Fsp3) is 0.464. The van der Waals surface area contributed by atoms with Gasteiger partial charge in [-0.3, -0.25) is 4.79 Å². The second-order valence-corrected chi connectivity index (χ2v) is 10.6. The normalized spacial score (nSPS) is 32.4. The Kier molecular flexibility index (Phi) is 8.54. The summed E-state index contributed by atoms with van der Waals surface area (Å²) in [4.78, 5) is 13.7. The van der Waals surface area contributed by atoms with Crippen molar-refractivity contribution in [1.82, 2.24) is 0 Å². The quantitative estimate of drug-likeness (QED) is 0.159. The predicted octanol–water partition coefficient (Wildman–Crippen LogP) is -1.00. The van der Waals surface area contributed by atoms with Crippen molar-refractivity contribution >= 4 is 11.0 Å². The van der Waals surface area contributed by atoms with Crippen LogP contribution < -0.4 is 19.6 Å². The molecular weight excluding hydrogens is 592 g/mol. The van der Waals surface area contributed by atoms with Gasteiger partial charge in [0.05, 0.1) is 19.3 Å². The molecule has 10 atom stereocenters. The third kappa shape index (κ3) is 5.46. The predicted molar refractivity (Wildman–Crippen MR) is 145 cm³/mol. The maximum Gasteiger partial charge on any atom is 0.239 e. The van der Waals surface area contributed by atoms with Crippen LogP contribution in [0.1, 0.15) is 13.8 Å². The van der Waals surface area contributed by atoms with Gasteiger partial charge in [0.2, 0.25) is 29.5 Å². The minimum absolute atomic E-state index is 0.108. The van der Waals surface area contributed by atoms with Crippen molar-refractivity contribution in [2.75, 3.05) is 7.11 Å². The molecule has 3 aromatic rings. The zero-order valence-electron chi connectivity index (χ0n) is 23.5. The van der Waals surface area contributed by atoms with E-state index in [1.165, 1.54) is 27.0 Å². The molecule has 240 valence electrons. The minimum atomic E-state index is -1.84. The fourth-order valence-electron chi connectivity index (χ4n) is 4.98. The molecule has 0 unspecified atom stereocenters. The van der Waals surface area contributed by atoms with Crippen LogP contribution in [0.15, 0.2) is 33.5 Å². The lowest BCUT2D eigenvalue weighted by Gasteiger charge is -2.39. The summed E-state index contributed by atoms with van der Waals surface area (Å²) in [6.07, 6.45) is -15.3. The van der Waals surface area contributed by atoms with Crippen molar-refractivity contribution in [2.24, 2.45) is 0 Å². The summed E-state index contributed by atoms with van der Waals surface area (Å²) in [7, 11) is 1.31. The molecule has 0 saturated carbocycles. The number of benzene rings is 2. The monoisotopic (exact) mass is 624 g/mol. The Bertz CT molecular complexity index is 1570. The highest BCUT2D eigenvalue weighted by atomic mass is 16.7. The number of phenolic OH excluding ortho intramolecular Hbond substituents is 3. The van der Waals surface area contributed by atoms with Gasteiger partial charge < -0.3 is 74.1 Å². The van der Waals surface area contributed by atoms with Gasteiger partial charge in [0, 0.05) is 17.7 Å². The van der Waals surface area contributed by atoms with E-state index in [2.05, 4.69) is 0 Å². The molecule has 0 amide bonds. The van der Waals surface area contributed by atoms with Crippen molar-refractivity contribution in [2.45, 2.75) is 75.3 Å². The highest BCUT2D eigenvalue weighted by Gasteiger charge is 2.45. The number of phenols is 3. The van der Waals surface area contributed by atoms with Crippen LogP contribution in [-0.4, -0.2) is 114 Å². The van der Waals surface area contributed by atoms with Crippen LogP contribution in [0, 0.1) is 0 Å². The average Bonchev–Trinajstić information content (AvgIpc) is 2.98. The molecule has 0 spiro atoms. The number of methoxy groups -OCH3 is 1. The number of ether oxygens (including phenoxy) is 5. The second-order valence-electron chi connectivity index (χ2n) is 10.6. The van der Waals surface area contributed by atoms with Gasteiger partial charge in [-0.25, -0.2) is 0 Å². The minimum Gasteiger partial charge on any atom is -0.507 e. The van der Waals surface area contributed by atoms with Crippen LogP contribution in [0.3, 0.4) is 0 Å². The first-order valence-electron chi connectivity index (χ1n) is 13.4. The maximum absolute atomic E-state index is 13.7. The van der Waals surface area contributed by atoms with Gasteiger partial charge in [-0.15, -0.1) is 0 Å². The number of fused-ring (bicyclic) bond motifs is 1. The summed E-state index contributed by atoms with van der Waals surface area (Å²) in [5, 5.41) is 92.9. The lowest BCUT2D eigenvalue weighted by atomic mass is 10.00. The number of rotatable bonds is 6. The Hall–Kier alpha value is -3.87. The number of aromatic hydroxyl groups is 3. The number of aliphatic hydroxyl groups excluding tert-OH is 6. The van der Waals surface area contributed by atoms with Crippen molar-refractivity contribution in [3.8, 4) is 45.8 Å². The fourth-order valence-corrected chi connectivity index (χ4v) is 4.98. The van der Waals surface area contributed by atoms with Crippen LogP contribution in [-0.2, 0) is 9.47 Å². The Labute approximate surface area is 248 Å². The van der Waals surface area contributed by atoms with Gasteiger partial charge in [-0.2, -0.15) is 0 Å². The Balaban J connectivity index is 1.61. The molecule has 3 heterocycles. The van der Waals surface area contributed by atoms with E-state index in [0.29, 0.717) is 0 Å². The van der Waals surface area contributed by atoms with Gasteiger partial charge in [-0.1, -0.05) is 0 Å². The van der Waals surface area contributed by atoms with E-state index in [9.17, 15) is 50.8 Å². The summed E-state index contributed by atoms with van der Waals surface area (Å²) in [5.74, 6) is -3.69. The van der Waals surface area contributed by atoms with Crippen molar-refractivity contribution < 1.29 is 74.1 Å². The van der Waals surface area contributed by atoms with Gasteiger partial charge >= 0.3 is 0 Å². The summed E-state index contributed by atoms with van der Waals surface area (Å²) >= 11 is 0. The highest BCUT2D eigenvalue weighted by molar-refractivity contribution is 5.88. The average molecular weight is 625 g/mol. The Morgan fingerprint density at radius 3 is 1.66 bits per heavy atom. The molecule has 2 aromatic carbocycles. The maximum atomic E-state index is 13.7. The Morgan fingerprint density at radius 2 is 1.16 bits per heavy atom. The summed E-state index contributed by atoms with van der Waals surface area (Å²) in [5.41, 5.74) is -1.38. The van der Waals surface area contributed by atoms with Crippen molar-refractivity contribution in [3.63, 3.8) is 0 Å². The van der Waals surface area contributed by atoms with E-state index in [0.717, 1.165) is 18.2 Å². The van der Waals surface area contributed by atoms with Crippen LogP contribution in [0.5, 0.6) is 34.5 Å². The van der Waals surface area contributed by atoms with Crippen LogP contribution in [0.4, 0.5) is 0 Å². The molecular formula is C28H32O16. The summed E-state index contributed by atoms with van der Waals surface area (Å²) in [6.45, 7) is 2.79. The van der Waals surface area contributed by atoms with E-state index in [-0.39, 0.29) is 22.3 Å². The van der Waals surface area contributed by atoms with Crippen molar-refractivity contribution in [3.05, 3.63) is 34.5 Å². The van der Waals surface area contributed by atoms with E-state index >= 15 is 0 Å². The summed E-state index contributed by atoms with van der Waals surface area (Å²) < 4.78 is 32.9. The molecule has 0 radical (unpaired) electrons. The standard InChI is InChI=1S/C28H32O16/c1-8-17(32)20(35)22(37)27(40-8)43-25-13(30)4-10(5-14(25)31)24-26(44-28-23(38)21(36)18(33)9(2)41-28)19(34)16-12(29)6-11(39-3)7-15(16)42-24/h4-9,17-18,20-23,27-33,35-38H,1-3H3/t8-,9-,17-,18-,20+,21+,22+,23+,27-,28-/m0/s1. The van der Waals surface area contributed by atoms with Crippen LogP contribution in [0.25, 0.3) is 22.3 Å². The lowest BCUT2D eigenvalue weighted by molar-refractivity contribution is -0.268. The number of aliphatic hydroxyl groups is 6. The van der Waals surface area contributed by atoms with Gasteiger partial charge in [-0.05, 0) is 26.0 Å². The first-order valence-corrected chi connectivity index (χ1v) is 13.4. The second kappa shape index (κ2) is 11.9. The van der Waals surface area contributed by atoms with Crippen LogP contribution in [0.2, 0.25) is 0 Å². The topological polar surface area (TPSA) is 258 Å². The van der Waals surface area contributed by atoms with E-state index < -0.39 is 101 Å². The molecule has 2 saturated heterocycles. The van der Waals surface area contributed by atoms with Gasteiger partial charge in [0.25, 0.3) is 0 Å². The molecule has 1 aromatic heterocycles. The molecule has 0 bridgehead atoms.